The lowest BCUT2D eigenvalue weighted by molar-refractivity contribution is -0.117. The molecule has 0 aliphatic rings. The monoisotopic (exact) mass is 392 g/mol. The van der Waals surface area contributed by atoms with Crippen molar-refractivity contribution in [3.05, 3.63) is 23.8 Å². The van der Waals surface area contributed by atoms with E-state index in [0.29, 0.717) is 37.3 Å². The van der Waals surface area contributed by atoms with Gasteiger partial charge >= 0.3 is 5.97 Å². The van der Waals surface area contributed by atoms with Gasteiger partial charge in [-0.3, -0.25) is 9.59 Å². The lowest BCUT2D eigenvalue weighted by Crippen LogP contribution is -2.15. The standard InChI is InChI=1S/C20H32N4O4/c1-28-20(27)15-12-16(23-18(25)8-4-2-6-10-21)14-17(13-15)24-19(26)9-5-3-7-11-22/h12-14H,2-11,21-22H2,1H3,(H,23,25)(H,24,26). The number of hydrogen-bond acceptors (Lipinski definition) is 6. The Labute approximate surface area is 166 Å². The maximum Gasteiger partial charge on any atom is 0.337 e. The Morgan fingerprint density at radius 3 is 1.64 bits per heavy atom. The van der Waals surface area contributed by atoms with E-state index in [0.717, 1.165) is 38.5 Å². The number of methoxy groups -OCH3 is 1. The van der Waals surface area contributed by atoms with Crippen LogP contribution >= 0.6 is 0 Å². The number of nitrogens with one attached hydrogen (secondary N) is 2. The van der Waals surface area contributed by atoms with Crippen molar-refractivity contribution >= 4 is 29.2 Å². The van der Waals surface area contributed by atoms with Crippen LogP contribution in [0, 0.1) is 0 Å². The first-order chi connectivity index (χ1) is 13.5. The van der Waals surface area contributed by atoms with Gasteiger partial charge in [0, 0.05) is 24.2 Å². The number of hydrogen-bond donors (Lipinski definition) is 4. The summed E-state index contributed by atoms with van der Waals surface area (Å²) in [5.74, 6) is -0.853. The highest BCUT2D eigenvalue weighted by Crippen LogP contribution is 2.21. The molecule has 0 heterocycles. The molecule has 0 radical (unpaired) electrons. The molecule has 6 N–H and O–H groups in total. The van der Waals surface area contributed by atoms with Crippen molar-refractivity contribution in [3.63, 3.8) is 0 Å². The Morgan fingerprint density at radius 2 is 1.25 bits per heavy atom. The topological polar surface area (TPSA) is 137 Å². The molecule has 0 bridgehead atoms. The molecule has 0 aliphatic heterocycles. The minimum absolute atomic E-state index is 0.155. The van der Waals surface area contributed by atoms with Gasteiger partial charge in [-0.05, 0) is 57.0 Å². The number of carbonyl (C=O) groups is 3. The zero-order valence-electron chi connectivity index (χ0n) is 16.6. The molecule has 1 aromatic rings. The number of benzene rings is 1. The molecule has 2 amide bonds. The first-order valence-corrected chi connectivity index (χ1v) is 9.73. The number of esters is 1. The van der Waals surface area contributed by atoms with Gasteiger partial charge in [-0.1, -0.05) is 12.8 Å². The van der Waals surface area contributed by atoms with E-state index in [4.69, 9.17) is 16.2 Å². The lowest BCUT2D eigenvalue weighted by Gasteiger charge is -2.11. The number of unbranched alkanes of at least 4 members (excludes halogenated alkanes) is 4. The predicted octanol–water partition coefficient (Wildman–Crippen LogP) is 2.39. The SMILES string of the molecule is COC(=O)c1cc(NC(=O)CCCCCN)cc(NC(=O)CCCCCN)c1. The number of carbonyl (C=O) groups excluding carboxylic acids is 3. The summed E-state index contributed by atoms with van der Waals surface area (Å²) in [4.78, 5) is 36.1. The van der Waals surface area contributed by atoms with Crippen molar-refractivity contribution < 1.29 is 19.1 Å². The van der Waals surface area contributed by atoms with Gasteiger partial charge in [-0.2, -0.15) is 0 Å². The van der Waals surface area contributed by atoms with Gasteiger partial charge in [0.05, 0.1) is 12.7 Å². The van der Waals surface area contributed by atoms with E-state index in [2.05, 4.69) is 10.6 Å². The van der Waals surface area contributed by atoms with Crippen LogP contribution < -0.4 is 22.1 Å². The normalized spacial score (nSPS) is 10.4. The van der Waals surface area contributed by atoms with E-state index in [1.165, 1.54) is 19.2 Å². The van der Waals surface area contributed by atoms with Crippen molar-refractivity contribution in [1.82, 2.24) is 0 Å². The molecule has 0 spiro atoms. The molecule has 0 unspecified atom stereocenters. The molecular weight excluding hydrogens is 360 g/mol. The Balaban J connectivity index is 2.75. The van der Waals surface area contributed by atoms with E-state index in [9.17, 15) is 14.4 Å². The van der Waals surface area contributed by atoms with Crippen molar-refractivity contribution in [3.8, 4) is 0 Å². The summed E-state index contributed by atoms with van der Waals surface area (Å²) in [6, 6.07) is 4.68. The van der Waals surface area contributed by atoms with Crippen LogP contribution in [-0.2, 0) is 14.3 Å². The van der Waals surface area contributed by atoms with E-state index in [1.54, 1.807) is 6.07 Å². The molecule has 0 aromatic heterocycles. The molecule has 28 heavy (non-hydrogen) atoms. The average molecular weight is 393 g/mol. The quantitative estimate of drug-likeness (QED) is 0.300. The van der Waals surface area contributed by atoms with Crippen LogP contribution in [0.25, 0.3) is 0 Å². The van der Waals surface area contributed by atoms with Crippen molar-refractivity contribution in [1.29, 1.82) is 0 Å². The lowest BCUT2D eigenvalue weighted by atomic mass is 10.1. The molecule has 1 rings (SSSR count). The third-order valence-corrected chi connectivity index (χ3v) is 4.14. The van der Waals surface area contributed by atoms with E-state index >= 15 is 0 Å². The van der Waals surface area contributed by atoms with Gasteiger partial charge in [0.25, 0.3) is 0 Å². The fraction of sp³-hybridized carbons (Fsp3) is 0.550. The smallest absolute Gasteiger partial charge is 0.337 e. The van der Waals surface area contributed by atoms with Crippen LogP contribution in [0.1, 0.15) is 61.7 Å². The summed E-state index contributed by atoms with van der Waals surface area (Å²) >= 11 is 0. The van der Waals surface area contributed by atoms with Gasteiger partial charge in [0.15, 0.2) is 0 Å². The zero-order chi connectivity index (χ0) is 20.8. The molecule has 156 valence electrons. The summed E-state index contributed by atoms with van der Waals surface area (Å²) in [6.07, 6.45) is 5.75. The zero-order valence-corrected chi connectivity index (χ0v) is 16.6. The summed E-state index contributed by atoms with van der Waals surface area (Å²) in [5, 5.41) is 5.54. The van der Waals surface area contributed by atoms with Gasteiger partial charge < -0.3 is 26.8 Å². The van der Waals surface area contributed by atoms with Gasteiger partial charge in [-0.15, -0.1) is 0 Å². The van der Waals surface area contributed by atoms with Crippen LogP contribution in [-0.4, -0.2) is 38.0 Å². The Morgan fingerprint density at radius 1 is 0.786 bits per heavy atom. The maximum absolute atomic E-state index is 12.1. The molecule has 0 aliphatic carbocycles. The molecule has 0 saturated heterocycles. The van der Waals surface area contributed by atoms with Crippen LogP contribution in [0.5, 0.6) is 0 Å². The third-order valence-electron chi connectivity index (χ3n) is 4.14. The highest BCUT2D eigenvalue weighted by atomic mass is 16.5. The second-order valence-electron chi connectivity index (χ2n) is 6.59. The Bertz CT molecular complexity index is 605. The molecule has 0 atom stereocenters. The van der Waals surface area contributed by atoms with Crippen molar-refractivity contribution in [2.45, 2.75) is 51.4 Å². The first-order valence-electron chi connectivity index (χ1n) is 9.73. The van der Waals surface area contributed by atoms with E-state index in [1.807, 2.05) is 0 Å². The van der Waals surface area contributed by atoms with Crippen LogP contribution in [0.2, 0.25) is 0 Å². The second kappa shape index (κ2) is 13.7. The van der Waals surface area contributed by atoms with Crippen LogP contribution in [0.15, 0.2) is 18.2 Å². The predicted molar refractivity (Wildman–Crippen MR) is 110 cm³/mol. The summed E-state index contributed by atoms with van der Waals surface area (Å²) < 4.78 is 4.75. The highest BCUT2D eigenvalue weighted by Gasteiger charge is 2.12. The molecular formula is C20H32N4O4. The molecule has 8 nitrogen and oxygen atoms in total. The largest absolute Gasteiger partial charge is 0.465 e. The number of ether oxygens (including phenoxy) is 1. The summed E-state index contributed by atoms with van der Waals surface area (Å²) in [6.45, 7) is 1.22. The highest BCUT2D eigenvalue weighted by molar-refractivity contribution is 5.98. The fourth-order valence-electron chi connectivity index (χ4n) is 2.67. The van der Waals surface area contributed by atoms with E-state index in [-0.39, 0.29) is 17.4 Å². The molecule has 0 saturated carbocycles. The third kappa shape index (κ3) is 9.48. The minimum atomic E-state index is -0.544. The van der Waals surface area contributed by atoms with Crippen LogP contribution in [0.3, 0.4) is 0 Å². The van der Waals surface area contributed by atoms with Crippen molar-refractivity contribution in [2.75, 3.05) is 30.8 Å². The van der Waals surface area contributed by atoms with Gasteiger partial charge in [-0.25, -0.2) is 4.79 Å². The Hall–Kier alpha value is -2.45. The fourth-order valence-corrected chi connectivity index (χ4v) is 2.67. The number of nitrogens with two attached hydrogens (primary N) is 2. The molecule has 0 fully saturated rings. The molecule has 1 aromatic carbocycles. The van der Waals surface area contributed by atoms with Gasteiger partial charge in [0.2, 0.25) is 11.8 Å². The summed E-state index contributed by atoms with van der Waals surface area (Å²) in [5.41, 5.74) is 12.0. The molecule has 8 heteroatoms. The van der Waals surface area contributed by atoms with Gasteiger partial charge in [0.1, 0.15) is 0 Å². The second-order valence-corrected chi connectivity index (χ2v) is 6.59. The first kappa shape index (κ1) is 23.6. The summed E-state index contributed by atoms with van der Waals surface area (Å²) in [7, 11) is 1.28. The van der Waals surface area contributed by atoms with E-state index < -0.39 is 5.97 Å². The van der Waals surface area contributed by atoms with Crippen molar-refractivity contribution in [2.24, 2.45) is 11.5 Å². The number of amides is 2. The van der Waals surface area contributed by atoms with Crippen LogP contribution in [0.4, 0.5) is 11.4 Å². The minimum Gasteiger partial charge on any atom is -0.465 e. The Kier molecular flexibility index (Phi) is 11.5. The number of rotatable bonds is 13. The number of anilines is 2. The maximum atomic E-state index is 12.1. The average Bonchev–Trinajstić information content (AvgIpc) is 2.67.